The minimum atomic E-state index is -0.760. The summed E-state index contributed by atoms with van der Waals surface area (Å²) < 4.78 is 6.01. The number of ether oxygens (including phenoxy) is 1. The average molecular weight is 315 g/mol. The summed E-state index contributed by atoms with van der Waals surface area (Å²) in [5, 5.41) is 9.40. The van der Waals surface area contributed by atoms with Crippen LogP contribution in [-0.2, 0) is 11.2 Å². The van der Waals surface area contributed by atoms with Gasteiger partial charge < -0.3 is 9.84 Å². The van der Waals surface area contributed by atoms with Crippen molar-refractivity contribution in [2.24, 2.45) is 11.3 Å². The van der Waals surface area contributed by atoms with Gasteiger partial charge in [-0.3, -0.25) is 4.79 Å². The SMILES string of the molecule is COc1ccc(CC(C)(C(=O)O)C(C)C)cc1Br. The molecule has 1 aromatic carbocycles. The molecule has 1 N–H and O–H groups in total. The molecule has 0 bridgehead atoms. The number of halogens is 1. The zero-order chi connectivity index (χ0) is 13.9. The van der Waals surface area contributed by atoms with E-state index in [0.717, 1.165) is 15.8 Å². The van der Waals surface area contributed by atoms with Crippen molar-refractivity contribution in [1.82, 2.24) is 0 Å². The van der Waals surface area contributed by atoms with Crippen molar-refractivity contribution in [1.29, 1.82) is 0 Å². The molecule has 0 fully saturated rings. The van der Waals surface area contributed by atoms with Crippen molar-refractivity contribution in [2.45, 2.75) is 27.2 Å². The maximum absolute atomic E-state index is 11.4. The lowest BCUT2D eigenvalue weighted by Crippen LogP contribution is -2.35. The molecule has 0 heterocycles. The zero-order valence-corrected chi connectivity index (χ0v) is 12.7. The summed E-state index contributed by atoms with van der Waals surface area (Å²) in [4.78, 5) is 11.4. The highest BCUT2D eigenvalue weighted by Crippen LogP contribution is 2.34. The van der Waals surface area contributed by atoms with Crippen LogP contribution in [0.1, 0.15) is 26.3 Å². The predicted octanol–water partition coefficient (Wildman–Crippen LogP) is 3.75. The summed E-state index contributed by atoms with van der Waals surface area (Å²) in [6.45, 7) is 5.66. The topological polar surface area (TPSA) is 46.5 Å². The first-order valence-electron chi connectivity index (χ1n) is 5.87. The van der Waals surface area contributed by atoms with Gasteiger partial charge >= 0.3 is 5.97 Å². The number of benzene rings is 1. The van der Waals surface area contributed by atoms with Crippen LogP contribution in [0, 0.1) is 11.3 Å². The normalized spacial score (nSPS) is 14.3. The predicted molar refractivity (Wildman–Crippen MR) is 75.0 cm³/mol. The van der Waals surface area contributed by atoms with Crippen molar-refractivity contribution in [3.63, 3.8) is 0 Å². The second-order valence-corrected chi connectivity index (χ2v) is 5.88. The molecule has 0 aliphatic rings. The third-order valence-corrected chi connectivity index (χ3v) is 4.17. The number of aliphatic carboxylic acids is 1. The first-order chi connectivity index (χ1) is 8.31. The van der Waals surface area contributed by atoms with E-state index in [4.69, 9.17) is 4.74 Å². The van der Waals surface area contributed by atoms with Gasteiger partial charge in [-0.1, -0.05) is 19.9 Å². The lowest BCUT2D eigenvalue weighted by atomic mass is 9.74. The second kappa shape index (κ2) is 5.74. The number of hydrogen-bond donors (Lipinski definition) is 1. The van der Waals surface area contributed by atoms with Gasteiger partial charge in [-0.05, 0) is 52.9 Å². The fourth-order valence-electron chi connectivity index (χ4n) is 1.77. The fourth-order valence-corrected chi connectivity index (χ4v) is 2.36. The molecule has 1 unspecified atom stereocenters. The van der Waals surface area contributed by atoms with E-state index >= 15 is 0 Å². The van der Waals surface area contributed by atoms with Crippen LogP contribution in [0.2, 0.25) is 0 Å². The molecule has 0 saturated heterocycles. The molecule has 3 nitrogen and oxygen atoms in total. The highest BCUT2D eigenvalue weighted by Gasteiger charge is 2.36. The summed E-state index contributed by atoms with van der Waals surface area (Å²) in [5.41, 5.74) is 0.231. The van der Waals surface area contributed by atoms with E-state index in [1.807, 2.05) is 32.0 Å². The minimum absolute atomic E-state index is 0.0656. The Morgan fingerprint density at radius 2 is 2.11 bits per heavy atom. The van der Waals surface area contributed by atoms with Crippen molar-refractivity contribution >= 4 is 21.9 Å². The van der Waals surface area contributed by atoms with E-state index in [-0.39, 0.29) is 5.92 Å². The Bertz CT molecular complexity index is 443. The molecular weight excluding hydrogens is 296 g/mol. The van der Waals surface area contributed by atoms with Crippen molar-refractivity contribution < 1.29 is 14.6 Å². The van der Waals surface area contributed by atoms with Crippen LogP contribution < -0.4 is 4.74 Å². The molecule has 0 aromatic heterocycles. The summed E-state index contributed by atoms with van der Waals surface area (Å²) >= 11 is 3.42. The van der Waals surface area contributed by atoms with Gasteiger partial charge in [0.15, 0.2) is 0 Å². The molecule has 0 spiro atoms. The Morgan fingerprint density at radius 1 is 1.50 bits per heavy atom. The molecule has 100 valence electrons. The van der Waals surface area contributed by atoms with Gasteiger partial charge in [-0.2, -0.15) is 0 Å². The van der Waals surface area contributed by atoms with Crippen LogP contribution in [0.15, 0.2) is 22.7 Å². The third-order valence-electron chi connectivity index (χ3n) is 3.55. The smallest absolute Gasteiger partial charge is 0.309 e. The molecule has 0 aliphatic carbocycles. The molecule has 1 rings (SSSR count). The minimum Gasteiger partial charge on any atom is -0.496 e. The number of carboxylic acid groups (broad SMARTS) is 1. The van der Waals surface area contributed by atoms with E-state index in [1.165, 1.54) is 0 Å². The first kappa shape index (κ1) is 15.0. The second-order valence-electron chi connectivity index (χ2n) is 5.02. The molecule has 0 aliphatic heterocycles. The summed E-state index contributed by atoms with van der Waals surface area (Å²) in [5.74, 6) is 0.0562. The largest absolute Gasteiger partial charge is 0.496 e. The highest BCUT2D eigenvalue weighted by atomic mass is 79.9. The Labute approximate surface area is 116 Å². The van der Waals surface area contributed by atoms with Crippen molar-refractivity contribution in [3.8, 4) is 5.75 Å². The molecule has 0 amide bonds. The van der Waals surface area contributed by atoms with Crippen molar-refractivity contribution in [3.05, 3.63) is 28.2 Å². The molecule has 18 heavy (non-hydrogen) atoms. The quantitative estimate of drug-likeness (QED) is 0.900. The van der Waals surface area contributed by atoms with E-state index in [2.05, 4.69) is 15.9 Å². The van der Waals surface area contributed by atoms with Crippen LogP contribution in [0.25, 0.3) is 0 Å². The Morgan fingerprint density at radius 3 is 2.50 bits per heavy atom. The van der Waals surface area contributed by atoms with Gasteiger partial charge in [0.1, 0.15) is 5.75 Å². The van der Waals surface area contributed by atoms with E-state index in [1.54, 1.807) is 14.0 Å². The van der Waals surface area contributed by atoms with Gasteiger partial charge in [0.05, 0.1) is 17.0 Å². The van der Waals surface area contributed by atoms with Crippen LogP contribution >= 0.6 is 15.9 Å². The van der Waals surface area contributed by atoms with Gasteiger partial charge in [-0.15, -0.1) is 0 Å². The summed E-state index contributed by atoms with van der Waals surface area (Å²) in [6.07, 6.45) is 0.503. The van der Waals surface area contributed by atoms with Gasteiger partial charge in [0, 0.05) is 0 Å². The lowest BCUT2D eigenvalue weighted by molar-refractivity contribution is -0.150. The number of rotatable bonds is 5. The Hall–Kier alpha value is -1.03. The molecule has 1 atom stereocenters. The standard InChI is InChI=1S/C14H19BrO3/c1-9(2)14(3,13(16)17)8-10-5-6-12(18-4)11(15)7-10/h5-7,9H,8H2,1-4H3,(H,16,17). The average Bonchev–Trinajstić information content (AvgIpc) is 2.28. The molecule has 1 aromatic rings. The number of hydrogen-bond acceptors (Lipinski definition) is 2. The fraction of sp³-hybridized carbons (Fsp3) is 0.500. The number of methoxy groups -OCH3 is 1. The summed E-state index contributed by atoms with van der Waals surface area (Å²) in [7, 11) is 1.61. The van der Waals surface area contributed by atoms with Gasteiger partial charge in [-0.25, -0.2) is 0 Å². The Kier molecular flexibility index (Phi) is 4.79. The van der Waals surface area contributed by atoms with E-state index < -0.39 is 11.4 Å². The monoisotopic (exact) mass is 314 g/mol. The molecule has 0 saturated carbocycles. The van der Waals surface area contributed by atoms with E-state index in [9.17, 15) is 9.90 Å². The molecule has 0 radical (unpaired) electrons. The van der Waals surface area contributed by atoms with Crippen LogP contribution in [0.3, 0.4) is 0 Å². The van der Waals surface area contributed by atoms with Crippen LogP contribution in [0.5, 0.6) is 5.75 Å². The third kappa shape index (κ3) is 3.05. The first-order valence-corrected chi connectivity index (χ1v) is 6.66. The number of carbonyl (C=O) groups is 1. The molecular formula is C14H19BrO3. The highest BCUT2D eigenvalue weighted by molar-refractivity contribution is 9.10. The van der Waals surface area contributed by atoms with Crippen LogP contribution in [0.4, 0.5) is 0 Å². The maximum atomic E-state index is 11.4. The zero-order valence-electron chi connectivity index (χ0n) is 11.2. The maximum Gasteiger partial charge on any atom is 0.309 e. The van der Waals surface area contributed by atoms with Gasteiger partial charge in [0.2, 0.25) is 0 Å². The molecule has 4 heteroatoms. The summed E-state index contributed by atoms with van der Waals surface area (Å²) in [6, 6.07) is 5.68. The van der Waals surface area contributed by atoms with E-state index in [0.29, 0.717) is 6.42 Å². The Balaban J connectivity index is 3.02. The number of carboxylic acids is 1. The van der Waals surface area contributed by atoms with Crippen LogP contribution in [-0.4, -0.2) is 18.2 Å². The van der Waals surface area contributed by atoms with Gasteiger partial charge in [0.25, 0.3) is 0 Å². The van der Waals surface area contributed by atoms with Crippen molar-refractivity contribution in [2.75, 3.05) is 7.11 Å². The lowest BCUT2D eigenvalue weighted by Gasteiger charge is -2.29.